The summed E-state index contributed by atoms with van der Waals surface area (Å²) >= 11 is 6.30. The van der Waals surface area contributed by atoms with E-state index in [9.17, 15) is 4.79 Å². The fourth-order valence-electron chi connectivity index (χ4n) is 3.15. The zero-order chi connectivity index (χ0) is 17.4. The molecule has 0 bridgehead atoms. The lowest BCUT2D eigenvalue weighted by atomic mass is 10.1. The molecule has 2 atom stereocenters. The first kappa shape index (κ1) is 16.8. The van der Waals surface area contributed by atoms with E-state index >= 15 is 0 Å². The van der Waals surface area contributed by atoms with Crippen LogP contribution in [0.1, 0.15) is 17.9 Å². The molecule has 130 valence electrons. The van der Waals surface area contributed by atoms with E-state index in [1.165, 1.54) is 0 Å². The predicted octanol–water partition coefficient (Wildman–Crippen LogP) is 3.39. The lowest BCUT2D eigenvalue weighted by Gasteiger charge is -2.23. The Kier molecular flexibility index (Phi) is 4.62. The molecule has 2 aliphatic heterocycles. The van der Waals surface area contributed by atoms with Gasteiger partial charge in [0.05, 0.1) is 5.03 Å². The van der Waals surface area contributed by atoms with Crippen molar-refractivity contribution < 1.29 is 9.21 Å². The molecule has 4 rings (SSSR count). The maximum Gasteiger partial charge on any atom is 0.192 e. The number of benzene rings is 1. The highest BCUT2D eigenvalue weighted by Crippen LogP contribution is 2.36. The number of aromatic nitrogens is 1. The molecule has 3 heterocycles. The number of oxazole rings is 1. The lowest BCUT2D eigenvalue weighted by Crippen LogP contribution is -2.38. The largest absolute Gasteiger partial charge is 0.441 e. The Morgan fingerprint density at radius 1 is 1.44 bits per heavy atom. The third-order valence-electron chi connectivity index (χ3n) is 4.46. The zero-order valence-corrected chi connectivity index (χ0v) is 15.5. The summed E-state index contributed by atoms with van der Waals surface area (Å²) in [4.78, 5) is 18.7. The van der Waals surface area contributed by atoms with Crippen molar-refractivity contribution >= 4 is 47.9 Å². The normalized spacial score (nSPS) is 24.6. The van der Waals surface area contributed by atoms with Crippen molar-refractivity contribution in [2.75, 3.05) is 13.1 Å². The fourth-order valence-corrected chi connectivity index (χ4v) is 4.67. The maximum atomic E-state index is 10.9. The van der Waals surface area contributed by atoms with Gasteiger partial charge in [-0.05, 0) is 30.2 Å². The second kappa shape index (κ2) is 6.90. The highest BCUT2D eigenvalue weighted by atomic mass is 32.2. The van der Waals surface area contributed by atoms with Crippen LogP contribution < -0.4 is 5.32 Å². The van der Waals surface area contributed by atoms with Crippen molar-refractivity contribution in [3.8, 4) is 0 Å². The van der Waals surface area contributed by atoms with Crippen molar-refractivity contribution in [3.63, 3.8) is 0 Å². The van der Waals surface area contributed by atoms with Crippen LogP contribution in [0.5, 0.6) is 0 Å². The van der Waals surface area contributed by atoms with E-state index in [4.69, 9.17) is 4.42 Å². The summed E-state index contributed by atoms with van der Waals surface area (Å²) in [5.74, 6) is 0.831. The number of carbonyl (C=O) groups is 1. The number of nitrogens with zero attached hydrogens (tertiary/aromatic N) is 2. The molecular weight excluding hydrogens is 354 g/mol. The van der Waals surface area contributed by atoms with Crippen molar-refractivity contribution in [3.05, 3.63) is 45.7 Å². The molecule has 0 spiro atoms. The Morgan fingerprint density at radius 3 is 3.12 bits per heavy atom. The Hall–Kier alpha value is -1.70. The molecule has 0 aliphatic carbocycles. The molecule has 1 aromatic carbocycles. The number of fused-ring (bicyclic) bond motifs is 1. The second-order valence-corrected chi connectivity index (χ2v) is 7.87. The number of carbonyl (C=O) groups excluding carboxylic acids is 1. The minimum Gasteiger partial charge on any atom is -0.441 e. The molecular formula is C18H19N3O2S2. The first-order valence-corrected chi connectivity index (χ1v) is 9.56. The zero-order valence-electron chi connectivity index (χ0n) is 13.8. The van der Waals surface area contributed by atoms with Gasteiger partial charge in [0.2, 0.25) is 0 Å². The van der Waals surface area contributed by atoms with Gasteiger partial charge in [-0.25, -0.2) is 4.98 Å². The fraction of sp³-hybridized carbons (Fsp3) is 0.333. The minimum atomic E-state index is 0.151. The van der Waals surface area contributed by atoms with Crippen LogP contribution >= 0.6 is 24.4 Å². The topological polar surface area (TPSA) is 58.4 Å². The first-order chi connectivity index (χ1) is 12.1. The Labute approximate surface area is 155 Å². The van der Waals surface area contributed by atoms with E-state index in [-0.39, 0.29) is 11.4 Å². The minimum absolute atomic E-state index is 0.151. The van der Waals surface area contributed by atoms with Crippen LogP contribution in [0.3, 0.4) is 0 Å². The van der Waals surface area contributed by atoms with Gasteiger partial charge in [0.1, 0.15) is 17.3 Å². The van der Waals surface area contributed by atoms with Crippen LogP contribution in [0.15, 0.2) is 38.6 Å². The lowest BCUT2D eigenvalue weighted by molar-refractivity contribution is -0.110. The number of aldehydes is 1. The molecule has 2 aliphatic rings. The van der Waals surface area contributed by atoms with Gasteiger partial charge in [-0.1, -0.05) is 23.9 Å². The Balaban J connectivity index is 1.45. The number of hydrogen-bond acceptors (Lipinski definition) is 7. The third-order valence-corrected chi connectivity index (χ3v) is 6.21. The van der Waals surface area contributed by atoms with Gasteiger partial charge < -0.3 is 14.5 Å². The van der Waals surface area contributed by atoms with Gasteiger partial charge in [0.15, 0.2) is 11.5 Å². The van der Waals surface area contributed by atoms with Crippen LogP contribution in [0, 0.1) is 12.8 Å². The highest BCUT2D eigenvalue weighted by Gasteiger charge is 2.32. The SMILES string of the molecule is Cc1nc2cc(/C=C/C3=C(S)NC(N4CCC(C=O)C4)S3)ccc2o1. The summed E-state index contributed by atoms with van der Waals surface area (Å²) < 4.78 is 5.51. The molecule has 25 heavy (non-hydrogen) atoms. The average Bonchev–Trinajstić information content (AvgIpc) is 3.29. The van der Waals surface area contributed by atoms with Crippen LogP contribution in [-0.2, 0) is 4.79 Å². The molecule has 1 saturated heterocycles. The summed E-state index contributed by atoms with van der Waals surface area (Å²) in [5.41, 5.74) is 2.89. The van der Waals surface area contributed by atoms with Crippen molar-refractivity contribution in [2.45, 2.75) is 18.8 Å². The number of thioether (sulfide) groups is 1. The molecule has 5 nitrogen and oxygen atoms in total. The number of likely N-dealkylation sites (tertiary alicyclic amines) is 1. The van der Waals surface area contributed by atoms with Crippen molar-refractivity contribution in [1.82, 2.24) is 15.2 Å². The highest BCUT2D eigenvalue weighted by molar-refractivity contribution is 8.05. The Morgan fingerprint density at radius 2 is 2.32 bits per heavy atom. The predicted molar refractivity (Wildman–Crippen MR) is 104 cm³/mol. The number of aryl methyl sites for hydroxylation is 1. The number of allylic oxidation sites excluding steroid dienone is 1. The Bertz CT molecular complexity index is 874. The van der Waals surface area contributed by atoms with E-state index < -0.39 is 0 Å². The van der Waals surface area contributed by atoms with Crippen molar-refractivity contribution in [1.29, 1.82) is 0 Å². The summed E-state index contributed by atoms with van der Waals surface area (Å²) in [6.07, 6.45) is 6.13. The van der Waals surface area contributed by atoms with Crippen LogP contribution in [0.25, 0.3) is 17.2 Å². The second-order valence-electron chi connectivity index (χ2n) is 6.30. The summed E-state index contributed by atoms with van der Waals surface area (Å²) in [5, 5.41) is 4.27. The number of nitrogens with one attached hydrogen (secondary N) is 1. The smallest absolute Gasteiger partial charge is 0.192 e. The van der Waals surface area contributed by atoms with Gasteiger partial charge in [0, 0.05) is 30.8 Å². The molecule has 1 aromatic heterocycles. The molecule has 7 heteroatoms. The van der Waals surface area contributed by atoms with Gasteiger partial charge in [-0.2, -0.15) is 0 Å². The van der Waals surface area contributed by atoms with Crippen LogP contribution in [-0.4, -0.2) is 34.8 Å². The van der Waals surface area contributed by atoms with E-state index in [0.717, 1.165) is 52.4 Å². The molecule has 0 amide bonds. The van der Waals surface area contributed by atoms with Gasteiger partial charge in [-0.15, -0.1) is 12.6 Å². The van der Waals surface area contributed by atoms with Gasteiger partial charge in [-0.3, -0.25) is 4.90 Å². The van der Waals surface area contributed by atoms with E-state index in [0.29, 0.717) is 5.89 Å². The summed E-state index contributed by atoms with van der Waals surface area (Å²) in [6, 6.07) is 5.97. The van der Waals surface area contributed by atoms with Crippen molar-refractivity contribution in [2.24, 2.45) is 5.92 Å². The molecule has 0 saturated carbocycles. The molecule has 0 radical (unpaired) electrons. The summed E-state index contributed by atoms with van der Waals surface area (Å²) in [6.45, 7) is 3.60. The van der Waals surface area contributed by atoms with Crippen LogP contribution in [0.4, 0.5) is 0 Å². The molecule has 2 aromatic rings. The molecule has 2 unspecified atom stereocenters. The van der Waals surface area contributed by atoms with E-state index in [2.05, 4.69) is 40.0 Å². The van der Waals surface area contributed by atoms with Gasteiger partial charge in [0.25, 0.3) is 0 Å². The van der Waals surface area contributed by atoms with E-state index in [1.54, 1.807) is 11.8 Å². The molecule has 1 fully saturated rings. The first-order valence-electron chi connectivity index (χ1n) is 8.23. The van der Waals surface area contributed by atoms with Crippen LogP contribution in [0.2, 0.25) is 0 Å². The average molecular weight is 374 g/mol. The third kappa shape index (κ3) is 3.49. The monoisotopic (exact) mass is 373 g/mol. The number of hydrogen-bond donors (Lipinski definition) is 2. The molecule has 1 N–H and O–H groups in total. The quantitative estimate of drug-likeness (QED) is 0.633. The van der Waals surface area contributed by atoms with Gasteiger partial charge >= 0.3 is 0 Å². The summed E-state index contributed by atoms with van der Waals surface area (Å²) in [7, 11) is 0. The van der Waals surface area contributed by atoms with E-state index in [1.807, 2.05) is 25.1 Å². The number of rotatable bonds is 4. The maximum absolute atomic E-state index is 10.9. The standard InChI is InChI=1S/C18H19N3O2S2/c1-11-19-14-8-12(2-4-15(14)23-11)3-5-16-17(24)20-18(25-16)21-7-6-13(9-21)10-22/h2-5,8,10,13,18,20,24H,6-7,9H2,1H3/b5-3+. The number of thiol groups is 1.